The van der Waals surface area contributed by atoms with Gasteiger partial charge in [-0.1, -0.05) is 43.0 Å². The van der Waals surface area contributed by atoms with Gasteiger partial charge in [0.25, 0.3) is 0 Å². The summed E-state index contributed by atoms with van der Waals surface area (Å²) in [6.07, 6.45) is 0.746. The summed E-state index contributed by atoms with van der Waals surface area (Å²) in [7, 11) is 0. The molecule has 0 saturated heterocycles. The maximum absolute atomic E-state index is 13.4. The van der Waals surface area contributed by atoms with Crippen molar-refractivity contribution in [3.8, 4) is 5.75 Å². The summed E-state index contributed by atoms with van der Waals surface area (Å²) in [6, 6.07) is 13.6. The third-order valence-corrected chi connectivity index (χ3v) is 6.71. The fraction of sp³-hybridized carbons (Fsp3) is 0.348. The van der Waals surface area contributed by atoms with Crippen molar-refractivity contribution in [3.05, 3.63) is 65.0 Å². The molecular formula is C23H27N5O2S. The van der Waals surface area contributed by atoms with Gasteiger partial charge in [-0.05, 0) is 55.7 Å². The van der Waals surface area contributed by atoms with Gasteiger partial charge in [-0.3, -0.25) is 4.79 Å². The van der Waals surface area contributed by atoms with E-state index in [0.717, 1.165) is 40.4 Å². The molecule has 0 saturated carbocycles. The van der Waals surface area contributed by atoms with E-state index in [1.807, 2.05) is 74.8 Å². The summed E-state index contributed by atoms with van der Waals surface area (Å²) in [5, 5.41) is 11.9. The Bertz CT molecular complexity index is 1080. The van der Waals surface area contributed by atoms with Crippen molar-refractivity contribution in [2.24, 2.45) is 0 Å². The van der Waals surface area contributed by atoms with Gasteiger partial charge in [0.2, 0.25) is 11.1 Å². The molecular weight excluding hydrogens is 410 g/mol. The number of anilines is 1. The summed E-state index contributed by atoms with van der Waals surface area (Å²) < 4.78 is 7.47. The van der Waals surface area contributed by atoms with Crippen molar-refractivity contribution in [2.75, 3.05) is 17.3 Å². The highest BCUT2D eigenvalue weighted by atomic mass is 32.2. The zero-order valence-corrected chi connectivity index (χ0v) is 19.0. The standard InChI is InChI=1S/C23H27N5O2S/c1-5-19-25-26-23-28(19)27-20(16-10-12-17(13-11-16)30-6-2)21(31-23)22(29)24-18-9-7-8-14(3)15(18)4/h7-13,20-21,27H,5-6H2,1-4H3,(H,24,29)/t20-,21+/m1/s1. The van der Waals surface area contributed by atoms with Crippen LogP contribution in [-0.4, -0.2) is 32.6 Å². The van der Waals surface area contributed by atoms with Crippen molar-refractivity contribution >= 4 is 23.4 Å². The van der Waals surface area contributed by atoms with Gasteiger partial charge >= 0.3 is 0 Å². The number of carbonyl (C=O) groups excluding carboxylic acids is 1. The molecule has 2 atom stereocenters. The number of rotatable bonds is 6. The van der Waals surface area contributed by atoms with E-state index >= 15 is 0 Å². The maximum Gasteiger partial charge on any atom is 0.240 e. The largest absolute Gasteiger partial charge is 0.494 e. The molecule has 0 unspecified atom stereocenters. The van der Waals surface area contributed by atoms with Crippen LogP contribution in [0, 0.1) is 13.8 Å². The quantitative estimate of drug-likeness (QED) is 0.600. The number of benzene rings is 2. The summed E-state index contributed by atoms with van der Waals surface area (Å²) in [4.78, 5) is 13.4. The van der Waals surface area contributed by atoms with E-state index in [0.29, 0.717) is 11.8 Å². The maximum atomic E-state index is 13.4. The summed E-state index contributed by atoms with van der Waals surface area (Å²) in [5.74, 6) is 1.58. The predicted octanol–water partition coefficient (Wildman–Crippen LogP) is 4.25. The van der Waals surface area contributed by atoms with Gasteiger partial charge in [0.05, 0.1) is 12.6 Å². The molecule has 162 valence electrons. The zero-order valence-electron chi connectivity index (χ0n) is 18.2. The Kier molecular flexibility index (Phi) is 6.18. The minimum atomic E-state index is -0.417. The molecule has 0 radical (unpaired) electrons. The Labute approximate surface area is 186 Å². The van der Waals surface area contributed by atoms with Crippen molar-refractivity contribution in [3.63, 3.8) is 0 Å². The Balaban J connectivity index is 1.66. The van der Waals surface area contributed by atoms with Gasteiger partial charge in [0.15, 0.2) is 5.82 Å². The first-order valence-electron chi connectivity index (χ1n) is 10.5. The Morgan fingerprint density at radius 3 is 2.65 bits per heavy atom. The number of nitrogens with zero attached hydrogens (tertiary/aromatic N) is 3. The first-order chi connectivity index (χ1) is 15.0. The van der Waals surface area contributed by atoms with E-state index in [-0.39, 0.29) is 11.9 Å². The van der Waals surface area contributed by atoms with Gasteiger partial charge in [-0.25, -0.2) is 4.68 Å². The van der Waals surface area contributed by atoms with Crippen molar-refractivity contribution < 1.29 is 9.53 Å². The van der Waals surface area contributed by atoms with Crippen LogP contribution in [0.5, 0.6) is 5.75 Å². The van der Waals surface area contributed by atoms with Crippen molar-refractivity contribution in [1.82, 2.24) is 14.9 Å². The topological polar surface area (TPSA) is 81.1 Å². The van der Waals surface area contributed by atoms with E-state index < -0.39 is 5.25 Å². The first kappa shape index (κ1) is 21.2. The van der Waals surface area contributed by atoms with Gasteiger partial charge in [-0.15, -0.1) is 10.2 Å². The molecule has 2 aromatic carbocycles. The zero-order chi connectivity index (χ0) is 22.0. The second-order valence-electron chi connectivity index (χ2n) is 7.47. The van der Waals surface area contributed by atoms with E-state index in [4.69, 9.17) is 4.74 Å². The number of carbonyl (C=O) groups is 1. The lowest BCUT2D eigenvalue weighted by Crippen LogP contribution is -2.41. The monoisotopic (exact) mass is 437 g/mol. The molecule has 7 nitrogen and oxygen atoms in total. The summed E-state index contributed by atoms with van der Waals surface area (Å²) in [5.41, 5.74) is 7.52. The summed E-state index contributed by atoms with van der Waals surface area (Å²) in [6.45, 7) is 8.67. The van der Waals surface area contributed by atoms with E-state index in [2.05, 4.69) is 20.9 Å². The van der Waals surface area contributed by atoms with Crippen LogP contribution in [0.4, 0.5) is 5.69 Å². The Morgan fingerprint density at radius 2 is 1.94 bits per heavy atom. The molecule has 31 heavy (non-hydrogen) atoms. The highest BCUT2D eigenvalue weighted by molar-refractivity contribution is 8.00. The highest BCUT2D eigenvalue weighted by Crippen LogP contribution is 2.38. The lowest BCUT2D eigenvalue weighted by Gasteiger charge is -2.33. The second-order valence-corrected chi connectivity index (χ2v) is 8.58. The third kappa shape index (κ3) is 4.25. The number of hydrogen-bond acceptors (Lipinski definition) is 6. The number of amides is 1. The number of ether oxygens (including phenoxy) is 1. The van der Waals surface area contributed by atoms with Crippen molar-refractivity contribution in [1.29, 1.82) is 0 Å². The van der Waals surface area contributed by atoms with Gasteiger partial charge in [-0.2, -0.15) is 0 Å². The van der Waals surface area contributed by atoms with E-state index in [1.54, 1.807) is 0 Å². The highest BCUT2D eigenvalue weighted by Gasteiger charge is 2.37. The third-order valence-electron chi connectivity index (χ3n) is 5.49. The van der Waals surface area contributed by atoms with Crippen LogP contribution in [-0.2, 0) is 11.2 Å². The molecule has 4 rings (SSSR count). The van der Waals surface area contributed by atoms with E-state index in [9.17, 15) is 4.79 Å². The number of thioether (sulfide) groups is 1. The molecule has 1 aliphatic heterocycles. The van der Waals surface area contributed by atoms with Crippen LogP contribution in [0.2, 0.25) is 0 Å². The van der Waals surface area contributed by atoms with Crippen LogP contribution >= 0.6 is 11.8 Å². The van der Waals surface area contributed by atoms with Gasteiger partial charge in [0.1, 0.15) is 11.0 Å². The van der Waals surface area contributed by atoms with E-state index in [1.165, 1.54) is 11.8 Å². The van der Waals surface area contributed by atoms with Crippen LogP contribution in [0.25, 0.3) is 0 Å². The number of fused-ring (bicyclic) bond motifs is 1. The molecule has 0 bridgehead atoms. The molecule has 0 fully saturated rings. The molecule has 2 heterocycles. The number of hydrogen-bond donors (Lipinski definition) is 2. The second kappa shape index (κ2) is 9.01. The fourth-order valence-corrected chi connectivity index (χ4v) is 4.70. The fourth-order valence-electron chi connectivity index (χ4n) is 3.61. The molecule has 1 amide bonds. The normalized spacial score (nSPS) is 17.5. The van der Waals surface area contributed by atoms with Crippen LogP contribution in [0.15, 0.2) is 47.6 Å². The van der Waals surface area contributed by atoms with Gasteiger partial charge in [0, 0.05) is 12.1 Å². The van der Waals surface area contributed by atoms with Gasteiger partial charge < -0.3 is 15.5 Å². The molecule has 3 aromatic rings. The smallest absolute Gasteiger partial charge is 0.240 e. The average molecular weight is 438 g/mol. The molecule has 1 aromatic heterocycles. The molecule has 0 spiro atoms. The Morgan fingerprint density at radius 1 is 1.16 bits per heavy atom. The lowest BCUT2D eigenvalue weighted by atomic mass is 10.0. The predicted molar refractivity (Wildman–Crippen MR) is 123 cm³/mol. The number of nitrogens with one attached hydrogen (secondary N) is 2. The van der Waals surface area contributed by atoms with Crippen molar-refractivity contribution in [2.45, 2.75) is 50.6 Å². The molecule has 2 N–H and O–H groups in total. The van der Waals surface area contributed by atoms with Crippen LogP contribution in [0.3, 0.4) is 0 Å². The summed E-state index contributed by atoms with van der Waals surface area (Å²) >= 11 is 1.43. The molecule has 1 aliphatic rings. The molecule has 8 heteroatoms. The Hall–Kier alpha value is -3.00. The number of aryl methyl sites for hydroxylation is 2. The lowest BCUT2D eigenvalue weighted by molar-refractivity contribution is -0.116. The first-order valence-corrected chi connectivity index (χ1v) is 11.4. The minimum absolute atomic E-state index is 0.0719. The number of aromatic nitrogens is 3. The average Bonchev–Trinajstić information content (AvgIpc) is 3.19. The SMILES string of the molecule is CCOc1ccc([C@H]2Nn3c(CC)nnc3S[C@@H]2C(=O)Nc2cccc(C)c2C)cc1. The van der Waals surface area contributed by atoms with Crippen LogP contribution < -0.4 is 15.5 Å². The molecule has 0 aliphatic carbocycles. The van der Waals surface area contributed by atoms with Crippen LogP contribution in [0.1, 0.15) is 42.4 Å². The minimum Gasteiger partial charge on any atom is -0.494 e.